The molecule has 98 valence electrons. The van der Waals surface area contributed by atoms with Gasteiger partial charge in [0.15, 0.2) is 0 Å². The minimum absolute atomic E-state index is 0. The average Bonchev–Trinajstić information content (AvgIpc) is 2.38. The van der Waals surface area contributed by atoms with E-state index in [-0.39, 0.29) is 63.3 Å². The number of allylic oxidation sites excluding steroid dienone is 1. The third-order valence-corrected chi connectivity index (χ3v) is 2.16. The van der Waals surface area contributed by atoms with Crippen molar-refractivity contribution in [3.63, 3.8) is 0 Å². The van der Waals surface area contributed by atoms with Crippen LogP contribution in [0.15, 0.2) is 55.6 Å². The van der Waals surface area contributed by atoms with Crippen LogP contribution in [0.1, 0.15) is 25.8 Å². The topological polar surface area (TPSA) is 31.2 Å². The molecule has 19 heavy (non-hydrogen) atoms. The van der Waals surface area contributed by atoms with E-state index < -0.39 is 0 Å². The Morgan fingerprint density at radius 3 is 2.32 bits per heavy atom. The molecule has 0 fully saturated rings. The monoisotopic (exact) mass is 283 g/mol. The standard InChI is InChI=1S/C13H17NO.C3H6.K/c1-3-11(2)14-13(15)10-9-12-7-5-4-6-8-12;1-3-2;/h3-8,11H,1,9-10H2,2H3,(H,14,15);3H,1H2,2H3;/q;;+1/p-1. The quantitative estimate of drug-likeness (QED) is 0.592. The van der Waals surface area contributed by atoms with Gasteiger partial charge in [-0.2, -0.15) is 0 Å². The Bertz CT molecular complexity index is 362. The summed E-state index contributed by atoms with van der Waals surface area (Å²) in [6, 6.07) is 9.88. The van der Waals surface area contributed by atoms with Crippen LogP contribution in [0.3, 0.4) is 0 Å². The van der Waals surface area contributed by atoms with Gasteiger partial charge in [0.25, 0.3) is 0 Å². The molecule has 2 nitrogen and oxygen atoms in total. The summed E-state index contributed by atoms with van der Waals surface area (Å²) < 4.78 is 0. The Labute approximate surface area is 159 Å². The van der Waals surface area contributed by atoms with Crippen LogP contribution >= 0.6 is 0 Å². The molecular weight excluding hydrogens is 261 g/mol. The second-order valence-corrected chi connectivity index (χ2v) is 3.89. The van der Waals surface area contributed by atoms with Crippen molar-refractivity contribution in [1.82, 2.24) is 0 Å². The first kappa shape index (κ1) is 21.1. The first-order valence-corrected chi connectivity index (χ1v) is 6.11. The van der Waals surface area contributed by atoms with E-state index in [1.165, 1.54) is 5.56 Å². The van der Waals surface area contributed by atoms with Crippen LogP contribution in [-0.4, -0.2) is 11.9 Å². The van der Waals surface area contributed by atoms with Crippen LogP contribution in [0.4, 0.5) is 0 Å². The van der Waals surface area contributed by atoms with Gasteiger partial charge in [-0.3, -0.25) is 0 Å². The zero-order valence-electron chi connectivity index (χ0n) is 12.3. The summed E-state index contributed by atoms with van der Waals surface area (Å²) in [5.41, 5.74) is 1.17. The molecule has 0 spiro atoms. The predicted molar refractivity (Wildman–Crippen MR) is 78.7 cm³/mol. The van der Waals surface area contributed by atoms with Gasteiger partial charge >= 0.3 is 51.4 Å². The zero-order chi connectivity index (χ0) is 13.8. The van der Waals surface area contributed by atoms with Crippen LogP contribution in [0.25, 0.3) is 5.32 Å². The van der Waals surface area contributed by atoms with E-state index in [9.17, 15) is 4.79 Å². The summed E-state index contributed by atoms with van der Waals surface area (Å²) in [5, 5.41) is 3.95. The van der Waals surface area contributed by atoms with Crippen LogP contribution in [0.5, 0.6) is 0 Å². The van der Waals surface area contributed by atoms with Crippen molar-refractivity contribution in [3.8, 4) is 0 Å². The molecule has 1 unspecified atom stereocenters. The number of hydrogen-bond donors (Lipinski definition) is 0. The SMILES string of the molecule is C=CC.C=CC(C)[N-]C(=O)CCc1ccccc1.[K+]. The maximum Gasteiger partial charge on any atom is 1.00 e. The molecule has 1 aromatic rings. The molecule has 1 amide bonds. The third kappa shape index (κ3) is 12.6. The molecule has 0 heterocycles. The fraction of sp³-hybridized carbons (Fsp3) is 0.312. The van der Waals surface area contributed by atoms with Gasteiger partial charge in [-0.15, -0.1) is 25.3 Å². The first-order valence-electron chi connectivity index (χ1n) is 6.11. The van der Waals surface area contributed by atoms with E-state index in [4.69, 9.17) is 0 Å². The molecule has 1 rings (SSSR count). The number of carbonyl (C=O) groups excluding carboxylic acids is 1. The van der Waals surface area contributed by atoms with Crippen molar-refractivity contribution in [3.05, 3.63) is 66.5 Å². The fourth-order valence-corrected chi connectivity index (χ4v) is 1.24. The first-order chi connectivity index (χ1) is 8.63. The van der Waals surface area contributed by atoms with E-state index >= 15 is 0 Å². The zero-order valence-corrected chi connectivity index (χ0v) is 15.4. The molecule has 0 radical (unpaired) electrons. The summed E-state index contributed by atoms with van der Waals surface area (Å²) in [4.78, 5) is 11.4. The van der Waals surface area contributed by atoms with Crippen molar-refractivity contribution in [2.24, 2.45) is 0 Å². The van der Waals surface area contributed by atoms with E-state index in [1.807, 2.05) is 44.2 Å². The molecule has 1 atom stereocenters. The minimum atomic E-state index is -0.0757. The molecule has 3 heteroatoms. The Kier molecular flexibility index (Phi) is 15.8. The largest absolute Gasteiger partial charge is 1.00 e. The second kappa shape index (κ2) is 14.2. The molecule has 0 bridgehead atoms. The molecule has 0 saturated heterocycles. The maximum atomic E-state index is 11.4. The minimum Gasteiger partial charge on any atom is -0.648 e. The van der Waals surface area contributed by atoms with Gasteiger partial charge < -0.3 is 10.1 Å². The van der Waals surface area contributed by atoms with Gasteiger partial charge in [0.1, 0.15) is 0 Å². The molecule has 0 aliphatic heterocycles. The van der Waals surface area contributed by atoms with Gasteiger partial charge in [-0.25, -0.2) is 0 Å². The number of carbonyl (C=O) groups is 1. The molecule has 0 aliphatic rings. The summed E-state index contributed by atoms with van der Waals surface area (Å²) in [7, 11) is 0. The molecule has 0 saturated carbocycles. The number of nitrogens with zero attached hydrogens (tertiary/aromatic N) is 1. The summed E-state index contributed by atoms with van der Waals surface area (Å²) in [5.74, 6) is -0.0498. The van der Waals surface area contributed by atoms with Crippen LogP contribution in [0, 0.1) is 0 Å². The molecule has 0 aromatic heterocycles. The summed E-state index contributed by atoms with van der Waals surface area (Å²) >= 11 is 0. The Morgan fingerprint density at radius 2 is 1.84 bits per heavy atom. The normalized spacial score (nSPS) is 10.0. The number of aryl methyl sites for hydroxylation is 1. The Balaban J connectivity index is 0. The second-order valence-electron chi connectivity index (χ2n) is 3.89. The van der Waals surface area contributed by atoms with E-state index in [0.717, 1.165) is 6.42 Å². The maximum absolute atomic E-state index is 11.4. The number of hydrogen-bond acceptors (Lipinski definition) is 1. The van der Waals surface area contributed by atoms with Crippen LogP contribution < -0.4 is 51.4 Å². The summed E-state index contributed by atoms with van der Waals surface area (Å²) in [6.45, 7) is 10.7. The Hall–Kier alpha value is -0.194. The van der Waals surface area contributed by atoms with Crippen LogP contribution in [0.2, 0.25) is 0 Å². The number of rotatable bonds is 5. The van der Waals surface area contributed by atoms with Gasteiger partial charge in [-0.05, 0) is 25.3 Å². The van der Waals surface area contributed by atoms with E-state index in [1.54, 1.807) is 12.2 Å². The molecule has 1 aromatic carbocycles. The average molecular weight is 283 g/mol. The van der Waals surface area contributed by atoms with Crippen molar-refractivity contribution < 1.29 is 56.2 Å². The third-order valence-electron chi connectivity index (χ3n) is 2.16. The Morgan fingerprint density at radius 1 is 1.32 bits per heavy atom. The van der Waals surface area contributed by atoms with Crippen molar-refractivity contribution in [2.75, 3.05) is 0 Å². The van der Waals surface area contributed by atoms with E-state index in [0.29, 0.717) is 6.42 Å². The number of amides is 1. The molecule has 0 aliphatic carbocycles. The fourth-order valence-electron chi connectivity index (χ4n) is 1.24. The van der Waals surface area contributed by atoms with Crippen molar-refractivity contribution >= 4 is 5.91 Å². The van der Waals surface area contributed by atoms with Gasteiger partial charge in [0, 0.05) is 0 Å². The molecular formula is C16H22KNO. The van der Waals surface area contributed by atoms with Crippen molar-refractivity contribution in [1.29, 1.82) is 0 Å². The number of benzene rings is 1. The summed E-state index contributed by atoms with van der Waals surface area (Å²) in [6.07, 6.45) is 4.65. The van der Waals surface area contributed by atoms with Crippen molar-refractivity contribution in [2.45, 2.75) is 32.7 Å². The smallest absolute Gasteiger partial charge is 0.648 e. The van der Waals surface area contributed by atoms with Gasteiger partial charge in [0.05, 0.1) is 5.91 Å². The van der Waals surface area contributed by atoms with Crippen LogP contribution in [-0.2, 0) is 11.2 Å². The predicted octanol–water partition coefficient (Wildman–Crippen LogP) is 1.29. The van der Waals surface area contributed by atoms with E-state index in [2.05, 4.69) is 18.5 Å². The van der Waals surface area contributed by atoms with Gasteiger partial charge in [-0.1, -0.05) is 43.3 Å². The molecule has 0 N–H and O–H groups in total. The van der Waals surface area contributed by atoms with Gasteiger partial charge in [0.2, 0.25) is 0 Å².